The van der Waals surface area contributed by atoms with Gasteiger partial charge in [-0.2, -0.15) is 8.42 Å². The summed E-state index contributed by atoms with van der Waals surface area (Å²) in [7, 11) is -4.17. The van der Waals surface area contributed by atoms with Crippen LogP contribution in [-0.2, 0) is 10.0 Å². The number of para-hydroxylation sites is 1. The highest BCUT2D eigenvalue weighted by Gasteiger charge is 2.24. The van der Waals surface area contributed by atoms with E-state index in [1.165, 1.54) is 12.1 Å². The van der Waals surface area contributed by atoms with E-state index < -0.39 is 21.8 Å². The number of carbonyl (C=O) groups excluding carboxylic acids is 2. The molecule has 4 rings (SSSR count). The van der Waals surface area contributed by atoms with Gasteiger partial charge in [0.25, 0.3) is 26.2 Å². The molecule has 3 aromatic carbocycles. The van der Waals surface area contributed by atoms with E-state index in [1.54, 1.807) is 42.5 Å². The van der Waals surface area contributed by atoms with Gasteiger partial charge in [-0.25, -0.2) is 0 Å². The maximum absolute atomic E-state index is 12.9. The van der Waals surface area contributed by atoms with Crippen LogP contribution in [0.25, 0.3) is 0 Å². The molecule has 9 nitrogen and oxygen atoms in total. The lowest BCUT2D eigenvalue weighted by Crippen LogP contribution is -2.28. The second-order valence-corrected chi connectivity index (χ2v) is 10.3. The number of aromatic nitrogens is 2. The summed E-state index contributed by atoms with van der Waals surface area (Å²) >= 11 is 0.699. The molecular weight excluding hydrogens is 486 g/mol. The van der Waals surface area contributed by atoms with Crippen LogP contribution in [-0.4, -0.2) is 30.4 Å². The van der Waals surface area contributed by atoms with Crippen molar-refractivity contribution in [2.45, 2.75) is 17.3 Å². The van der Waals surface area contributed by atoms with Crippen LogP contribution in [0.5, 0.6) is 0 Å². The maximum Gasteiger partial charge on any atom is 0.291 e. The van der Waals surface area contributed by atoms with Crippen molar-refractivity contribution >= 4 is 44.0 Å². The normalized spacial score (nSPS) is 11.9. The average Bonchev–Trinajstić information content (AvgIpc) is 3.35. The van der Waals surface area contributed by atoms with E-state index in [-0.39, 0.29) is 26.8 Å². The van der Waals surface area contributed by atoms with Gasteiger partial charge in [-0.1, -0.05) is 72.0 Å². The van der Waals surface area contributed by atoms with Gasteiger partial charge in [-0.15, -0.1) is 10.2 Å². The smallest absolute Gasteiger partial charge is 0.291 e. The SMILES string of the molecule is C[C@@H](NC(=O)c1ccccc1NS(=O)(=O)c1nnc(NC(=O)c2ccccc2)s1)c1ccccc1. The van der Waals surface area contributed by atoms with E-state index >= 15 is 0 Å². The lowest BCUT2D eigenvalue weighted by molar-refractivity contribution is 0.0940. The molecule has 4 aromatic rings. The highest BCUT2D eigenvalue weighted by atomic mass is 32.2. The predicted molar refractivity (Wildman–Crippen MR) is 134 cm³/mol. The van der Waals surface area contributed by atoms with Crippen LogP contribution < -0.4 is 15.4 Å². The van der Waals surface area contributed by atoms with Crippen LogP contribution in [0.1, 0.15) is 39.2 Å². The van der Waals surface area contributed by atoms with Gasteiger partial charge in [0.2, 0.25) is 5.13 Å². The molecule has 3 N–H and O–H groups in total. The molecule has 0 radical (unpaired) electrons. The van der Waals surface area contributed by atoms with Gasteiger partial charge in [0.15, 0.2) is 0 Å². The minimum absolute atomic E-state index is 0.0296. The Bertz CT molecular complexity index is 1440. The first kappa shape index (κ1) is 24.0. The van der Waals surface area contributed by atoms with Crippen molar-refractivity contribution in [1.82, 2.24) is 15.5 Å². The number of amides is 2. The largest absolute Gasteiger partial charge is 0.345 e. The van der Waals surface area contributed by atoms with E-state index in [0.717, 1.165) is 5.56 Å². The molecule has 0 aliphatic rings. The van der Waals surface area contributed by atoms with Crippen LogP contribution in [0.3, 0.4) is 0 Å². The fourth-order valence-electron chi connectivity index (χ4n) is 3.19. The van der Waals surface area contributed by atoms with E-state index in [2.05, 4.69) is 25.6 Å². The van der Waals surface area contributed by atoms with E-state index in [1.807, 2.05) is 37.3 Å². The minimum atomic E-state index is -4.17. The second kappa shape index (κ2) is 10.5. The number of anilines is 2. The van der Waals surface area contributed by atoms with Crippen LogP contribution >= 0.6 is 11.3 Å². The van der Waals surface area contributed by atoms with E-state index in [9.17, 15) is 18.0 Å². The molecule has 0 spiro atoms. The first-order valence-electron chi connectivity index (χ1n) is 10.5. The second-order valence-electron chi connectivity index (χ2n) is 7.45. The van der Waals surface area contributed by atoms with Crippen molar-refractivity contribution in [3.8, 4) is 0 Å². The standard InChI is InChI=1S/C24H21N5O4S2/c1-16(17-10-4-2-5-11-17)25-22(31)19-14-8-9-15-20(19)29-35(32,33)24-28-27-23(34-24)26-21(30)18-12-6-3-7-13-18/h2-16,29H,1H3,(H,25,31)(H,26,27,30)/t16-/m1/s1. The first-order chi connectivity index (χ1) is 16.8. The van der Waals surface area contributed by atoms with Crippen molar-refractivity contribution in [1.29, 1.82) is 0 Å². The van der Waals surface area contributed by atoms with Crippen molar-refractivity contribution in [3.05, 3.63) is 102 Å². The molecule has 11 heteroatoms. The Morgan fingerprint density at radius 1 is 0.829 bits per heavy atom. The molecule has 0 saturated heterocycles. The number of benzene rings is 3. The first-order valence-corrected chi connectivity index (χ1v) is 12.8. The molecule has 35 heavy (non-hydrogen) atoms. The third-order valence-corrected chi connectivity index (χ3v) is 7.53. The Morgan fingerprint density at radius 3 is 2.17 bits per heavy atom. The molecule has 0 aliphatic heterocycles. The number of sulfonamides is 1. The molecule has 0 unspecified atom stereocenters. The Hall–Kier alpha value is -4.09. The van der Waals surface area contributed by atoms with Gasteiger partial charge in [-0.05, 0) is 36.8 Å². The molecular formula is C24H21N5O4S2. The molecule has 2 amide bonds. The van der Waals surface area contributed by atoms with Crippen LogP contribution in [0.4, 0.5) is 10.8 Å². The summed E-state index contributed by atoms with van der Waals surface area (Å²) < 4.78 is 27.9. The van der Waals surface area contributed by atoms with Gasteiger partial charge < -0.3 is 5.32 Å². The molecule has 178 valence electrons. The van der Waals surface area contributed by atoms with E-state index in [4.69, 9.17) is 0 Å². The Labute approximate surface area is 206 Å². The number of hydrogen-bond acceptors (Lipinski definition) is 7. The Balaban J connectivity index is 1.48. The third-order valence-electron chi connectivity index (χ3n) is 4.96. The number of carbonyl (C=O) groups is 2. The lowest BCUT2D eigenvalue weighted by Gasteiger charge is -2.16. The van der Waals surface area contributed by atoms with Crippen molar-refractivity contribution < 1.29 is 18.0 Å². The third kappa shape index (κ3) is 5.89. The van der Waals surface area contributed by atoms with Crippen molar-refractivity contribution in [3.63, 3.8) is 0 Å². The Morgan fingerprint density at radius 2 is 1.46 bits per heavy atom. The number of nitrogens with one attached hydrogen (secondary N) is 3. The summed E-state index contributed by atoms with van der Waals surface area (Å²) in [4.78, 5) is 25.2. The van der Waals surface area contributed by atoms with Crippen molar-refractivity contribution in [2.75, 3.05) is 10.0 Å². The molecule has 0 fully saturated rings. The van der Waals surface area contributed by atoms with Gasteiger partial charge in [0.05, 0.1) is 17.3 Å². The number of nitrogens with zero attached hydrogens (tertiary/aromatic N) is 2. The van der Waals surface area contributed by atoms with Gasteiger partial charge in [-0.3, -0.25) is 19.6 Å². The maximum atomic E-state index is 12.9. The van der Waals surface area contributed by atoms with Crippen LogP contribution in [0.2, 0.25) is 0 Å². The molecule has 1 atom stereocenters. The van der Waals surface area contributed by atoms with Crippen LogP contribution in [0.15, 0.2) is 89.3 Å². The van der Waals surface area contributed by atoms with Crippen LogP contribution in [0, 0.1) is 0 Å². The zero-order valence-corrected chi connectivity index (χ0v) is 20.1. The monoisotopic (exact) mass is 507 g/mol. The van der Waals surface area contributed by atoms with Gasteiger partial charge in [0.1, 0.15) is 0 Å². The average molecular weight is 508 g/mol. The summed E-state index contributed by atoms with van der Waals surface area (Å²) in [6, 6.07) is 23.8. The van der Waals surface area contributed by atoms with Gasteiger partial charge >= 0.3 is 0 Å². The number of hydrogen-bond donors (Lipinski definition) is 3. The molecule has 0 bridgehead atoms. The van der Waals surface area contributed by atoms with Crippen molar-refractivity contribution in [2.24, 2.45) is 0 Å². The quantitative estimate of drug-likeness (QED) is 0.308. The summed E-state index contributed by atoms with van der Waals surface area (Å²) in [6.45, 7) is 1.84. The van der Waals surface area contributed by atoms with E-state index in [0.29, 0.717) is 16.9 Å². The molecule has 1 heterocycles. The zero-order chi connectivity index (χ0) is 24.8. The minimum Gasteiger partial charge on any atom is -0.345 e. The number of rotatable bonds is 8. The predicted octanol–water partition coefficient (Wildman–Crippen LogP) is 4.08. The van der Waals surface area contributed by atoms with Gasteiger partial charge in [0, 0.05) is 5.56 Å². The molecule has 1 aromatic heterocycles. The summed E-state index contributed by atoms with van der Waals surface area (Å²) in [6.07, 6.45) is 0. The highest BCUT2D eigenvalue weighted by molar-refractivity contribution is 7.94. The highest BCUT2D eigenvalue weighted by Crippen LogP contribution is 2.25. The lowest BCUT2D eigenvalue weighted by atomic mass is 10.1. The summed E-state index contributed by atoms with van der Waals surface area (Å²) in [5.41, 5.74) is 1.56. The zero-order valence-electron chi connectivity index (χ0n) is 18.5. The summed E-state index contributed by atoms with van der Waals surface area (Å²) in [5, 5.41) is 12.9. The molecule has 0 saturated carbocycles. The molecule has 0 aliphatic carbocycles. The Kier molecular flexibility index (Phi) is 7.18. The fourth-order valence-corrected chi connectivity index (χ4v) is 5.16. The fraction of sp³-hybridized carbons (Fsp3) is 0.0833. The summed E-state index contributed by atoms with van der Waals surface area (Å²) in [5.74, 6) is -0.874. The topological polar surface area (TPSA) is 130 Å².